The van der Waals surface area contributed by atoms with Crippen molar-refractivity contribution >= 4 is 29.5 Å². The molecule has 1 aromatic carbocycles. The van der Waals surface area contributed by atoms with Gasteiger partial charge < -0.3 is 20.7 Å². The van der Waals surface area contributed by atoms with Crippen molar-refractivity contribution in [3.8, 4) is 0 Å². The summed E-state index contributed by atoms with van der Waals surface area (Å²) >= 11 is 0. The number of ether oxygens (including phenoxy) is 1. The zero-order valence-corrected chi connectivity index (χ0v) is 15.7. The van der Waals surface area contributed by atoms with E-state index in [1.54, 1.807) is 38.1 Å². The molecule has 9 nitrogen and oxygen atoms in total. The molecule has 9 heteroatoms. The molecule has 0 radical (unpaired) electrons. The van der Waals surface area contributed by atoms with Crippen molar-refractivity contribution in [2.75, 3.05) is 6.54 Å². The topological polar surface area (TPSA) is 131 Å². The van der Waals surface area contributed by atoms with Gasteiger partial charge in [-0.05, 0) is 17.9 Å². The Balaban J connectivity index is 1.92. The molecular weight excluding hydrogens is 366 g/mol. The highest BCUT2D eigenvalue weighted by atomic mass is 16.5. The Bertz CT molecular complexity index is 762. The van der Waals surface area contributed by atoms with E-state index < -0.39 is 41.6 Å². The molecule has 3 N–H and O–H groups in total. The third-order valence-electron chi connectivity index (χ3n) is 4.21. The smallest absolute Gasteiger partial charge is 0.397 e. The maximum absolute atomic E-state index is 12.5. The van der Waals surface area contributed by atoms with Crippen molar-refractivity contribution in [3.05, 3.63) is 35.9 Å². The van der Waals surface area contributed by atoms with E-state index in [2.05, 4.69) is 16.0 Å². The van der Waals surface area contributed by atoms with Crippen LogP contribution in [0.25, 0.3) is 0 Å². The van der Waals surface area contributed by atoms with Crippen molar-refractivity contribution < 1.29 is 28.7 Å². The van der Waals surface area contributed by atoms with Crippen LogP contribution in [0.1, 0.15) is 25.8 Å². The number of piperidine rings is 1. The molecule has 1 fully saturated rings. The van der Waals surface area contributed by atoms with Gasteiger partial charge in [-0.2, -0.15) is 0 Å². The Morgan fingerprint density at radius 1 is 1.18 bits per heavy atom. The molecule has 1 aliphatic rings. The lowest BCUT2D eigenvalue weighted by molar-refractivity contribution is -0.156. The summed E-state index contributed by atoms with van der Waals surface area (Å²) in [6.45, 7) is 3.54. The molecule has 1 aromatic rings. The van der Waals surface area contributed by atoms with E-state index in [0.717, 1.165) is 5.56 Å². The molecule has 1 heterocycles. The van der Waals surface area contributed by atoms with Crippen molar-refractivity contribution in [2.45, 2.75) is 39.0 Å². The number of benzene rings is 1. The highest BCUT2D eigenvalue weighted by molar-refractivity contribution is 6.39. The Hall–Kier alpha value is -3.23. The standard InChI is InChI=1S/C19H23N3O6/c1-11(2)14(16(24)21-13-8-9-20-17(25)15(13)23)22-18(26)19(27)28-10-12-6-4-3-5-7-12/h3-7,11,13-14H,8-10H2,1-2H3,(H,20,25)(H,21,24)(H,22,26). The predicted molar refractivity (Wildman–Crippen MR) is 97.6 cm³/mol. The molecule has 2 rings (SSSR count). The van der Waals surface area contributed by atoms with Gasteiger partial charge in [0, 0.05) is 6.54 Å². The van der Waals surface area contributed by atoms with Crippen LogP contribution in [0, 0.1) is 5.92 Å². The first-order chi connectivity index (χ1) is 13.3. The largest absolute Gasteiger partial charge is 0.454 e. The number of rotatable bonds is 6. The fourth-order valence-electron chi connectivity index (χ4n) is 2.63. The maximum atomic E-state index is 12.5. The van der Waals surface area contributed by atoms with Gasteiger partial charge >= 0.3 is 11.9 Å². The molecule has 0 aliphatic carbocycles. The summed E-state index contributed by atoms with van der Waals surface area (Å²) < 4.78 is 4.94. The summed E-state index contributed by atoms with van der Waals surface area (Å²) in [4.78, 5) is 59.7. The molecule has 28 heavy (non-hydrogen) atoms. The summed E-state index contributed by atoms with van der Waals surface area (Å²) in [7, 11) is 0. The first-order valence-corrected chi connectivity index (χ1v) is 8.93. The lowest BCUT2D eigenvalue weighted by Gasteiger charge is -2.26. The molecule has 0 saturated carbocycles. The lowest BCUT2D eigenvalue weighted by atomic mass is 10.0. The summed E-state index contributed by atoms with van der Waals surface area (Å²) in [5.41, 5.74) is 0.718. The third-order valence-corrected chi connectivity index (χ3v) is 4.21. The van der Waals surface area contributed by atoms with E-state index in [0.29, 0.717) is 0 Å². The van der Waals surface area contributed by atoms with Crippen LogP contribution in [0.15, 0.2) is 30.3 Å². The second kappa shape index (κ2) is 9.63. The molecule has 0 spiro atoms. The number of Topliss-reactive ketones (excluding diaryl/α,β-unsaturated/α-hetero) is 1. The fourth-order valence-corrected chi connectivity index (χ4v) is 2.63. The Morgan fingerprint density at radius 2 is 1.86 bits per heavy atom. The minimum atomic E-state index is -1.12. The highest BCUT2D eigenvalue weighted by Crippen LogP contribution is 2.06. The van der Waals surface area contributed by atoms with Crippen LogP contribution in [0.2, 0.25) is 0 Å². The zero-order valence-electron chi connectivity index (χ0n) is 15.7. The number of carbonyl (C=O) groups is 5. The molecule has 1 saturated heterocycles. The van der Waals surface area contributed by atoms with Crippen molar-refractivity contribution in [2.24, 2.45) is 5.92 Å². The summed E-state index contributed by atoms with van der Waals surface area (Å²) in [6, 6.07) is 6.83. The second-order valence-corrected chi connectivity index (χ2v) is 6.73. The maximum Gasteiger partial charge on any atom is 0.397 e. The molecule has 150 valence electrons. The number of carbonyl (C=O) groups excluding carboxylic acids is 5. The fraction of sp³-hybridized carbons (Fsp3) is 0.421. The quantitative estimate of drug-likeness (QED) is 0.442. The number of hydrogen-bond donors (Lipinski definition) is 3. The zero-order chi connectivity index (χ0) is 20.7. The number of esters is 1. The summed E-state index contributed by atoms with van der Waals surface area (Å²) in [5, 5.41) is 7.19. The van der Waals surface area contributed by atoms with Crippen LogP contribution in [-0.4, -0.2) is 48.1 Å². The van der Waals surface area contributed by atoms with Crippen molar-refractivity contribution in [1.29, 1.82) is 0 Å². The van der Waals surface area contributed by atoms with Gasteiger partial charge in [-0.1, -0.05) is 44.2 Å². The minimum absolute atomic E-state index is 0.0721. The van der Waals surface area contributed by atoms with E-state index >= 15 is 0 Å². The van der Waals surface area contributed by atoms with Crippen molar-refractivity contribution in [3.63, 3.8) is 0 Å². The summed E-state index contributed by atoms with van der Waals surface area (Å²) in [6.07, 6.45) is 0.258. The Morgan fingerprint density at radius 3 is 2.50 bits per heavy atom. The first kappa shape index (κ1) is 21.1. The Kier molecular flexibility index (Phi) is 7.25. The van der Waals surface area contributed by atoms with Crippen LogP contribution < -0.4 is 16.0 Å². The van der Waals surface area contributed by atoms with E-state index in [-0.39, 0.29) is 25.5 Å². The van der Waals surface area contributed by atoms with E-state index in [1.807, 2.05) is 6.07 Å². The molecule has 0 aromatic heterocycles. The minimum Gasteiger partial charge on any atom is -0.454 e. The van der Waals surface area contributed by atoms with E-state index in [4.69, 9.17) is 4.74 Å². The van der Waals surface area contributed by atoms with Gasteiger partial charge in [-0.3, -0.25) is 19.2 Å². The lowest BCUT2D eigenvalue weighted by Crippen LogP contribution is -2.58. The van der Waals surface area contributed by atoms with Crippen LogP contribution in [0.5, 0.6) is 0 Å². The molecular formula is C19H23N3O6. The third kappa shape index (κ3) is 5.63. The van der Waals surface area contributed by atoms with Gasteiger partial charge in [-0.15, -0.1) is 0 Å². The van der Waals surface area contributed by atoms with Gasteiger partial charge in [0.2, 0.25) is 11.7 Å². The first-order valence-electron chi connectivity index (χ1n) is 8.93. The average molecular weight is 389 g/mol. The van der Waals surface area contributed by atoms with Crippen LogP contribution in [0.3, 0.4) is 0 Å². The highest BCUT2D eigenvalue weighted by Gasteiger charge is 2.34. The normalized spacial score (nSPS) is 17.5. The monoisotopic (exact) mass is 389 g/mol. The molecule has 2 unspecified atom stereocenters. The van der Waals surface area contributed by atoms with Crippen LogP contribution in [0.4, 0.5) is 0 Å². The van der Waals surface area contributed by atoms with Crippen LogP contribution >= 0.6 is 0 Å². The van der Waals surface area contributed by atoms with Crippen molar-refractivity contribution in [1.82, 2.24) is 16.0 Å². The molecule has 2 atom stereocenters. The number of nitrogens with one attached hydrogen (secondary N) is 3. The van der Waals surface area contributed by atoms with Gasteiger partial charge in [0.05, 0.1) is 6.04 Å². The molecule has 0 bridgehead atoms. The van der Waals surface area contributed by atoms with E-state index in [1.165, 1.54) is 0 Å². The number of hydrogen-bond acceptors (Lipinski definition) is 6. The molecule has 3 amide bonds. The summed E-state index contributed by atoms with van der Waals surface area (Å²) in [5.74, 6) is -4.68. The number of ketones is 1. The van der Waals surface area contributed by atoms with Gasteiger partial charge in [0.15, 0.2) is 0 Å². The van der Waals surface area contributed by atoms with Crippen LogP contribution in [-0.2, 0) is 35.3 Å². The average Bonchev–Trinajstić information content (AvgIpc) is 2.68. The SMILES string of the molecule is CC(C)C(NC(=O)C(=O)OCc1ccccc1)C(=O)NC1CCNC(=O)C1=O. The van der Waals surface area contributed by atoms with Gasteiger partial charge in [-0.25, -0.2) is 4.79 Å². The Labute approximate surface area is 162 Å². The second-order valence-electron chi connectivity index (χ2n) is 6.73. The number of amides is 3. The molecule has 1 aliphatic heterocycles. The van der Waals surface area contributed by atoms with Gasteiger partial charge in [0.1, 0.15) is 12.6 Å². The van der Waals surface area contributed by atoms with E-state index in [9.17, 15) is 24.0 Å². The predicted octanol–water partition coefficient (Wildman–Crippen LogP) is -0.556. The van der Waals surface area contributed by atoms with Gasteiger partial charge in [0.25, 0.3) is 5.91 Å².